The number of aromatic amines is 2. The van der Waals surface area contributed by atoms with E-state index in [0.29, 0.717) is 5.52 Å². The van der Waals surface area contributed by atoms with E-state index < -0.39 is 5.41 Å². The van der Waals surface area contributed by atoms with E-state index in [1.165, 1.54) is 0 Å². The summed E-state index contributed by atoms with van der Waals surface area (Å²) in [5.74, 6) is 0.177. The fourth-order valence-electron chi connectivity index (χ4n) is 5.03. The first kappa shape index (κ1) is 16.4. The molecule has 0 bridgehead atoms. The zero-order valence-electron chi connectivity index (χ0n) is 16.1. The van der Waals surface area contributed by atoms with Gasteiger partial charge in [-0.3, -0.25) is 14.7 Å². The predicted octanol–water partition coefficient (Wildman–Crippen LogP) is 2.66. The van der Waals surface area contributed by atoms with Crippen molar-refractivity contribution in [3.8, 4) is 11.4 Å². The van der Waals surface area contributed by atoms with Gasteiger partial charge >= 0.3 is 0 Å². The number of aryl methyl sites for hydroxylation is 1. The second-order valence-electron chi connectivity index (χ2n) is 8.05. The third-order valence-electron chi connectivity index (χ3n) is 6.56. The van der Waals surface area contributed by atoms with E-state index in [9.17, 15) is 9.59 Å². The van der Waals surface area contributed by atoms with Crippen molar-refractivity contribution in [3.63, 3.8) is 0 Å². The molecule has 144 valence electrons. The van der Waals surface area contributed by atoms with Crippen LogP contribution in [0.25, 0.3) is 22.3 Å². The van der Waals surface area contributed by atoms with Crippen LogP contribution in [-0.4, -0.2) is 32.7 Å². The molecule has 2 N–H and O–H groups in total. The lowest BCUT2D eigenvalue weighted by atomic mass is 9.91. The topological polar surface area (TPSA) is 86.8 Å². The number of para-hydroxylation sites is 1. The lowest BCUT2D eigenvalue weighted by Gasteiger charge is -2.12. The fourth-order valence-corrected chi connectivity index (χ4v) is 5.03. The van der Waals surface area contributed by atoms with E-state index in [2.05, 4.69) is 21.2 Å². The maximum atomic E-state index is 13.2. The van der Waals surface area contributed by atoms with E-state index in [1.807, 2.05) is 43.6 Å². The lowest BCUT2D eigenvalue weighted by Crippen LogP contribution is -2.29. The number of H-pyrrole nitrogens is 2. The van der Waals surface area contributed by atoms with Crippen LogP contribution in [0, 0.1) is 0 Å². The summed E-state index contributed by atoms with van der Waals surface area (Å²) in [6.45, 7) is 0. The molecule has 0 unspecified atom stereocenters. The van der Waals surface area contributed by atoms with Crippen molar-refractivity contribution in [2.24, 2.45) is 7.05 Å². The second kappa shape index (κ2) is 5.26. The molecule has 1 amide bonds. The molecule has 4 aromatic rings. The number of rotatable bonds is 2. The maximum Gasteiger partial charge on any atom is 0.274 e. The van der Waals surface area contributed by atoms with Crippen LogP contribution >= 0.6 is 0 Å². The molecule has 1 saturated carbocycles. The Morgan fingerprint density at radius 1 is 1.14 bits per heavy atom. The summed E-state index contributed by atoms with van der Waals surface area (Å²) in [7, 11) is 3.60. The SMILES string of the molecule is CN1C(=O)[C@@]2(C[C@H]2c2cn(C)c(=O)c3[nH]c(-c4ccn[nH]4)cc23)c2ccccc21. The molecule has 1 fully saturated rings. The van der Waals surface area contributed by atoms with E-state index in [0.717, 1.165) is 40.0 Å². The Morgan fingerprint density at radius 3 is 2.76 bits per heavy atom. The van der Waals surface area contributed by atoms with Crippen LogP contribution in [0.4, 0.5) is 5.69 Å². The van der Waals surface area contributed by atoms with Gasteiger partial charge in [0.25, 0.3) is 5.56 Å². The number of anilines is 1. The average Bonchev–Trinajstić information content (AvgIpc) is 3.05. The van der Waals surface area contributed by atoms with E-state index in [4.69, 9.17) is 0 Å². The van der Waals surface area contributed by atoms with Crippen LogP contribution in [-0.2, 0) is 17.3 Å². The van der Waals surface area contributed by atoms with Crippen LogP contribution in [0.15, 0.2) is 53.6 Å². The highest BCUT2D eigenvalue weighted by Gasteiger charge is 2.67. The Kier molecular flexibility index (Phi) is 2.96. The number of nitrogens with zero attached hydrogens (tertiary/aromatic N) is 3. The number of benzene rings is 1. The number of aromatic nitrogens is 4. The van der Waals surface area contributed by atoms with Gasteiger partial charge in [-0.05, 0) is 35.7 Å². The number of hydrogen-bond acceptors (Lipinski definition) is 3. The first-order chi connectivity index (χ1) is 14.0. The molecular weight excluding hydrogens is 366 g/mol. The number of likely N-dealkylation sites (N-methyl/N-ethyl adjacent to an activating group) is 1. The fraction of sp³-hybridized carbons (Fsp3) is 0.227. The third kappa shape index (κ3) is 1.94. The van der Waals surface area contributed by atoms with Crippen molar-refractivity contribution in [3.05, 3.63) is 70.3 Å². The van der Waals surface area contributed by atoms with Gasteiger partial charge in [-0.1, -0.05) is 18.2 Å². The second-order valence-corrected chi connectivity index (χ2v) is 8.05. The first-order valence-corrected chi connectivity index (χ1v) is 9.62. The van der Waals surface area contributed by atoms with E-state index in [1.54, 1.807) is 22.7 Å². The zero-order chi connectivity index (χ0) is 19.9. The summed E-state index contributed by atoms with van der Waals surface area (Å²) >= 11 is 0. The Balaban J connectivity index is 1.56. The quantitative estimate of drug-likeness (QED) is 0.556. The Hall–Kier alpha value is -3.61. The van der Waals surface area contributed by atoms with Crippen LogP contribution in [0.1, 0.15) is 23.5 Å². The summed E-state index contributed by atoms with van der Waals surface area (Å²) in [5, 5.41) is 7.81. The molecule has 7 nitrogen and oxygen atoms in total. The van der Waals surface area contributed by atoms with Crippen LogP contribution in [0.3, 0.4) is 0 Å². The molecule has 1 aromatic carbocycles. The highest BCUT2D eigenvalue weighted by atomic mass is 16.2. The van der Waals surface area contributed by atoms with Gasteiger partial charge < -0.3 is 14.5 Å². The number of pyridine rings is 1. The molecular formula is C22H19N5O2. The highest BCUT2D eigenvalue weighted by Crippen LogP contribution is 2.66. The Morgan fingerprint density at radius 2 is 1.97 bits per heavy atom. The van der Waals surface area contributed by atoms with Crippen LogP contribution in [0.5, 0.6) is 0 Å². The molecule has 3 aromatic heterocycles. The van der Waals surface area contributed by atoms with Gasteiger partial charge in [0.15, 0.2) is 0 Å². The van der Waals surface area contributed by atoms with Crippen molar-refractivity contribution in [1.82, 2.24) is 19.7 Å². The van der Waals surface area contributed by atoms with Gasteiger partial charge in [0.05, 0.1) is 16.8 Å². The number of nitrogens with one attached hydrogen (secondary N) is 2. The molecule has 2 aliphatic rings. The molecule has 7 heteroatoms. The van der Waals surface area contributed by atoms with Gasteiger partial charge in [0, 0.05) is 43.5 Å². The van der Waals surface area contributed by atoms with Gasteiger partial charge in [-0.25, -0.2) is 0 Å². The van der Waals surface area contributed by atoms with Crippen molar-refractivity contribution < 1.29 is 4.79 Å². The van der Waals surface area contributed by atoms with Gasteiger partial charge in [0.1, 0.15) is 5.52 Å². The maximum absolute atomic E-state index is 13.2. The minimum absolute atomic E-state index is 0.0424. The zero-order valence-corrected chi connectivity index (χ0v) is 16.1. The van der Waals surface area contributed by atoms with Gasteiger partial charge in [-0.2, -0.15) is 5.10 Å². The molecule has 6 rings (SSSR count). The molecule has 4 heterocycles. The van der Waals surface area contributed by atoms with Crippen molar-refractivity contribution in [2.45, 2.75) is 17.8 Å². The minimum atomic E-state index is -0.527. The number of carbonyl (C=O) groups is 1. The van der Waals surface area contributed by atoms with Crippen LogP contribution < -0.4 is 10.5 Å². The number of hydrogen-bond donors (Lipinski definition) is 2. The number of amides is 1. The molecule has 0 saturated heterocycles. The van der Waals surface area contributed by atoms with E-state index in [-0.39, 0.29) is 17.4 Å². The summed E-state index contributed by atoms with van der Waals surface area (Å²) in [6, 6.07) is 11.9. The smallest absolute Gasteiger partial charge is 0.274 e. The molecule has 2 atom stereocenters. The van der Waals surface area contributed by atoms with Gasteiger partial charge in [0.2, 0.25) is 5.91 Å². The largest absolute Gasteiger partial charge is 0.349 e. The number of fused-ring (bicyclic) bond motifs is 3. The molecule has 29 heavy (non-hydrogen) atoms. The average molecular weight is 385 g/mol. The number of carbonyl (C=O) groups excluding carboxylic acids is 1. The molecule has 1 aliphatic heterocycles. The normalized spacial score (nSPS) is 22.6. The summed E-state index contributed by atoms with van der Waals surface area (Å²) in [4.78, 5) is 31.0. The summed E-state index contributed by atoms with van der Waals surface area (Å²) in [6.07, 6.45) is 4.33. The Bertz CT molecular complexity index is 1360. The van der Waals surface area contributed by atoms with Crippen molar-refractivity contribution in [1.29, 1.82) is 0 Å². The van der Waals surface area contributed by atoms with Crippen molar-refractivity contribution >= 4 is 22.5 Å². The highest BCUT2D eigenvalue weighted by molar-refractivity contribution is 6.11. The van der Waals surface area contributed by atoms with E-state index >= 15 is 0 Å². The monoisotopic (exact) mass is 385 g/mol. The summed E-state index contributed by atoms with van der Waals surface area (Å²) < 4.78 is 1.60. The Labute approximate surface area is 166 Å². The summed E-state index contributed by atoms with van der Waals surface area (Å²) in [5.41, 5.74) is 4.68. The van der Waals surface area contributed by atoms with Crippen LogP contribution in [0.2, 0.25) is 0 Å². The molecule has 1 spiro atoms. The first-order valence-electron chi connectivity index (χ1n) is 9.62. The minimum Gasteiger partial charge on any atom is -0.349 e. The molecule has 0 radical (unpaired) electrons. The standard InChI is InChI=1S/C22H19N5O2/c1-26-11-13(12-9-17(16-7-8-23-25-16)24-19(12)20(26)28)15-10-22(15)14-5-3-4-6-18(14)27(2)21(22)29/h3-9,11,15,24H,10H2,1-2H3,(H,23,25)/t15-,22-/m0/s1. The molecule has 1 aliphatic carbocycles. The predicted molar refractivity (Wildman–Crippen MR) is 110 cm³/mol. The third-order valence-corrected chi connectivity index (χ3v) is 6.56. The van der Waals surface area contributed by atoms with Gasteiger partial charge in [-0.15, -0.1) is 0 Å². The lowest BCUT2D eigenvalue weighted by molar-refractivity contribution is -0.120. The van der Waals surface area contributed by atoms with Crippen molar-refractivity contribution in [2.75, 3.05) is 11.9 Å².